The third kappa shape index (κ3) is 5.68. The third-order valence-electron chi connectivity index (χ3n) is 4.50. The van der Waals surface area contributed by atoms with E-state index in [9.17, 15) is 4.79 Å². The Bertz CT molecular complexity index is 441. The minimum atomic E-state index is -0.0268. The lowest BCUT2D eigenvalue weighted by atomic mass is 9.96. The van der Waals surface area contributed by atoms with Crippen molar-refractivity contribution in [2.24, 2.45) is 5.92 Å². The van der Waals surface area contributed by atoms with E-state index in [4.69, 9.17) is 0 Å². The minimum Gasteiger partial charge on any atom is -0.338 e. The van der Waals surface area contributed by atoms with Gasteiger partial charge in [-0.05, 0) is 50.8 Å². The van der Waals surface area contributed by atoms with Crippen LogP contribution in [0, 0.1) is 5.92 Å². The number of nitrogens with zero attached hydrogens (tertiary/aromatic N) is 1. The number of carbonyl (C=O) groups excluding carboxylic acids is 1. The van der Waals surface area contributed by atoms with Crippen LogP contribution in [-0.4, -0.2) is 36.6 Å². The highest BCUT2D eigenvalue weighted by molar-refractivity contribution is 5.74. The molecule has 2 amide bonds. The Kier molecular flexibility index (Phi) is 6.72. The Morgan fingerprint density at radius 3 is 2.59 bits per heavy atom. The smallest absolute Gasteiger partial charge is 0.315 e. The maximum Gasteiger partial charge on any atom is 0.315 e. The number of nitrogens with one attached hydrogen (secondary N) is 2. The van der Waals surface area contributed by atoms with Crippen LogP contribution in [0.5, 0.6) is 0 Å². The van der Waals surface area contributed by atoms with Gasteiger partial charge in [0, 0.05) is 19.1 Å². The molecule has 0 spiro atoms. The van der Waals surface area contributed by atoms with E-state index in [1.807, 2.05) is 6.92 Å². The molecule has 1 fully saturated rings. The fraction of sp³-hybridized carbons (Fsp3) is 0.611. The zero-order chi connectivity index (χ0) is 15.8. The van der Waals surface area contributed by atoms with Crippen molar-refractivity contribution in [2.75, 3.05) is 19.6 Å². The largest absolute Gasteiger partial charge is 0.338 e. The van der Waals surface area contributed by atoms with Gasteiger partial charge in [0.2, 0.25) is 0 Å². The van der Waals surface area contributed by atoms with Gasteiger partial charge in [-0.3, -0.25) is 4.90 Å². The number of urea groups is 1. The zero-order valence-corrected chi connectivity index (χ0v) is 13.8. The molecule has 4 heteroatoms. The second-order valence-electron chi connectivity index (χ2n) is 6.37. The summed E-state index contributed by atoms with van der Waals surface area (Å²) < 4.78 is 0. The monoisotopic (exact) mass is 303 g/mol. The Morgan fingerprint density at radius 1 is 1.27 bits per heavy atom. The highest BCUT2D eigenvalue weighted by Crippen LogP contribution is 2.18. The Morgan fingerprint density at radius 2 is 1.95 bits per heavy atom. The normalized spacial score (nSPS) is 17.9. The summed E-state index contributed by atoms with van der Waals surface area (Å²) in [6, 6.07) is 10.9. The molecule has 1 saturated heterocycles. The first-order chi connectivity index (χ1) is 10.7. The van der Waals surface area contributed by atoms with Crippen LogP contribution >= 0.6 is 0 Å². The number of benzene rings is 1. The lowest BCUT2D eigenvalue weighted by molar-refractivity contribution is 0.174. The van der Waals surface area contributed by atoms with Gasteiger partial charge in [-0.25, -0.2) is 4.79 Å². The molecule has 0 radical (unpaired) electrons. The second-order valence-corrected chi connectivity index (χ2v) is 6.37. The van der Waals surface area contributed by atoms with Gasteiger partial charge in [0.15, 0.2) is 0 Å². The topological polar surface area (TPSA) is 44.4 Å². The number of rotatable bonds is 6. The van der Waals surface area contributed by atoms with Gasteiger partial charge < -0.3 is 10.6 Å². The molecule has 0 aliphatic carbocycles. The Balaban J connectivity index is 1.64. The van der Waals surface area contributed by atoms with Crippen LogP contribution in [0.4, 0.5) is 4.79 Å². The van der Waals surface area contributed by atoms with E-state index in [1.165, 1.54) is 5.56 Å². The van der Waals surface area contributed by atoms with E-state index in [0.717, 1.165) is 45.4 Å². The predicted molar refractivity (Wildman–Crippen MR) is 90.7 cm³/mol. The number of amides is 2. The number of carbonyl (C=O) groups is 1. The highest BCUT2D eigenvalue weighted by Gasteiger charge is 2.19. The summed E-state index contributed by atoms with van der Waals surface area (Å²) in [5.74, 6) is 0.606. The lowest BCUT2D eigenvalue weighted by Crippen LogP contribution is -2.44. The highest BCUT2D eigenvalue weighted by atomic mass is 16.2. The number of likely N-dealkylation sites (tertiary alicyclic amines) is 1. The average Bonchev–Trinajstić information content (AvgIpc) is 2.55. The molecule has 2 N–H and O–H groups in total. The van der Waals surface area contributed by atoms with Crippen molar-refractivity contribution in [3.05, 3.63) is 35.9 Å². The van der Waals surface area contributed by atoms with Gasteiger partial charge in [0.1, 0.15) is 0 Å². The van der Waals surface area contributed by atoms with Crippen LogP contribution in [0.2, 0.25) is 0 Å². The van der Waals surface area contributed by atoms with Gasteiger partial charge in [-0.2, -0.15) is 0 Å². The summed E-state index contributed by atoms with van der Waals surface area (Å²) in [5, 5.41) is 5.96. The van der Waals surface area contributed by atoms with Crippen LogP contribution in [0.25, 0.3) is 0 Å². The molecule has 1 unspecified atom stereocenters. The van der Waals surface area contributed by atoms with E-state index < -0.39 is 0 Å². The van der Waals surface area contributed by atoms with Crippen molar-refractivity contribution in [3.63, 3.8) is 0 Å². The summed E-state index contributed by atoms with van der Waals surface area (Å²) in [6.07, 6.45) is 3.29. The summed E-state index contributed by atoms with van der Waals surface area (Å²) in [4.78, 5) is 14.2. The molecule has 0 aromatic heterocycles. The van der Waals surface area contributed by atoms with E-state index in [1.54, 1.807) is 0 Å². The molecule has 0 saturated carbocycles. The van der Waals surface area contributed by atoms with E-state index in [-0.39, 0.29) is 12.1 Å². The van der Waals surface area contributed by atoms with Crippen molar-refractivity contribution < 1.29 is 4.79 Å². The van der Waals surface area contributed by atoms with Gasteiger partial charge >= 0.3 is 6.03 Å². The van der Waals surface area contributed by atoms with Crippen LogP contribution in [0.3, 0.4) is 0 Å². The van der Waals surface area contributed by atoms with E-state index in [0.29, 0.717) is 5.92 Å². The van der Waals surface area contributed by atoms with Gasteiger partial charge in [0.25, 0.3) is 0 Å². The van der Waals surface area contributed by atoms with E-state index >= 15 is 0 Å². The molecule has 1 atom stereocenters. The molecule has 2 rings (SSSR count). The first-order valence-corrected chi connectivity index (χ1v) is 8.48. The van der Waals surface area contributed by atoms with Gasteiger partial charge in [-0.15, -0.1) is 0 Å². The molecule has 1 heterocycles. The molecule has 1 aromatic carbocycles. The van der Waals surface area contributed by atoms with Crippen molar-refractivity contribution in [1.82, 2.24) is 15.5 Å². The summed E-state index contributed by atoms with van der Waals surface area (Å²) in [6.45, 7) is 8.18. The predicted octanol–water partition coefficient (Wildman–Crippen LogP) is 3.00. The van der Waals surface area contributed by atoms with Gasteiger partial charge in [0.05, 0.1) is 0 Å². The maximum absolute atomic E-state index is 11.7. The summed E-state index contributed by atoms with van der Waals surface area (Å²) in [5.41, 5.74) is 1.38. The first kappa shape index (κ1) is 16.8. The van der Waals surface area contributed by atoms with Crippen molar-refractivity contribution in [2.45, 2.75) is 45.7 Å². The summed E-state index contributed by atoms with van der Waals surface area (Å²) in [7, 11) is 0. The standard InChI is InChI=1S/C18H29N3O/c1-3-15(2)20-18(22)19-13-16-9-11-21(12-10-16)14-17-7-5-4-6-8-17/h4-8,15-16H,3,9-14H2,1-2H3,(H2,19,20,22). The molecular weight excluding hydrogens is 274 g/mol. The van der Waals surface area contributed by atoms with Crippen molar-refractivity contribution in [1.29, 1.82) is 0 Å². The molecule has 4 nitrogen and oxygen atoms in total. The lowest BCUT2D eigenvalue weighted by Gasteiger charge is -2.32. The SMILES string of the molecule is CCC(C)NC(=O)NCC1CCN(Cc2ccccc2)CC1. The molecule has 22 heavy (non-hydrogen) atoms. The van der Waals surface area contributed by atoms with Crippen molar-refractivity contribution >= 4 is 6.03 Å². The third-order valence-corrected chi connectivity index (χ3v) is 4.50. The van der Waals surface area contributed by atoms with Crippen LogP contribution in [-0.2, 0) is 6.54 Å². The van der Waals surface area contributed by atoms with Crippen molar-refractivity contribution in [3.8, 4) is 0 Å². The van der Waals surface area contributed by atoms with Crippen LogP contribution in [0.1, 0.15) is 38.7 Å². The van der Waals surface area contributed by atoms with Crippen LogP contribution in [0.15, 0.2) is 30.3 Å². The molecule has 1 aromatic rings. The van der Waals surface area contributed by atoms with E-state index in [2.05, 4.69) is 52.8 Å². The molecule has 1 aliphatic rings. The molecular formula is C18H29N3O. The molecule has 122 valence electrons. The summed E-state index contributed by atoms with van der Waals surface area (Å²) >= 11 is 0. The minimum absolute atomic E-state index is 0.0268. The van der Waals surface area contributed by atoms with Gasteiger partial charge in [-0.1, -0.05) is 37.3 Å². The Labute approximate surface area is 134 Å². The maximum atomic E-state index is 11.7. The molecule has 0 bridgehead atoms. The number of hydrogen-bond donors (Lipinski definition) is 2. The quantitative estimate of drug-likeness (QED) is 0.848. The zero-order valence-electron chi connectivity index (χ0n) is 13.8. The Hall–Kier alpha value is -1.55. The fourth-order valence-electron chi connectivity index (χ4n) is 2.80. The fourth-order valence-corrected chi connectivity index (χ4v) is 2.80. The number of hydrogen-bond acceptors (Lipinski definition) is 2. The second kappa shape index (κ2) is 8.79. The average molecular weight is 303 g/mol. The first-order valence-electron chi connectivity index (χ1n) is 8.48. The number of piperidine rings is 1. The van der Waals surface area contributed by atoms with Crippen LogP contribution < -0.4 is 10.6 Å². The molecule has 1 aliphatic heterocycles.